The van der Waals surface area contributed by atoms with Crippen molar-refractivity contribution in [1.29, 1.82) is 0 Å². The van der Waals surface area contributed by atoms with Gasteiger partial charge in [0, 0.05) is 16.6 Å². The third-order valence-electron chi connectivity index (χ3n) is 6.40. The molecule has 0 spiro atoms. The fraction of sp³-hybridized carbons (Fsp3) is 0.440. The van der Waals surface area contributed by atoms with E-state index in [1.165, 1.54) is 0 Å². The number of amides is 1. The van der Waals surface area contributed by atoms with Crippen LogP contribution in [0.2, 0.25) is 5.02 Å². The van der Waals surface area contributed by atoms with Gasteiger partial charge in [-0.2, -0.15) is 0 Å². The van der Waals surface area contributed by atoms with Crippen molar-refractivity contribution in [2.75, 3.05) is 6.54 Å². The van der Waals surface area contributed by atoms with E-state index in [9.17, 15) is 14.7 Å². The Balaban J connectivity index is 1.56. The fourth-order valence-corrected chi connectivity index (χ4v) is 4.89. The summed E-state index contributed by atoms with van der Waals surface area (Å²) in [5.41, 5.74) is 1.37. The van der Waals surface area contributed by atoms with Gasteiger partial charge in [-0.1, -0.05) is 62.2 Å². The van der Waals surface area contributed by atoms with E-state index in [4.69, 9.17) is 11.6 Å². The standard InChI is InChI=1S/C25H31ClN2O3/c1-3-19-20(14-15-27-23(25(30)31)16-8-6-5-7-9-16)22(19)21(4-2)28-24(29)17-10-12-18(26)13-11-17/h5-13,19-23,27H,3-4,14-15H2,1-2H3,(H,28,29)(H,30,31). The number of nitrogens with one attached hydrogen (secondary N) is 2. The second-order valence-electron chi connectivity index (χ2n) is 8.23. The normalized spacial score (nSPS) is 21.8. The highest BCUT2D eigenvalue weighted by Gasteiger charge is 2.51. The predicted molar refractivity (Wildman–Crippen MR) is 123 cm³/mol. The Morgan fingerprint density at radius 3 is 2.29 bits per heavy atom. The van der Waals surface area contributed by atoms with Crippen LogP contribution in [0.4, 0.5) is 0 Å². The Hall–Kier alpha value is -2.37. The van der Waals surface area contributed by atoms with Crippen LogP contribution in [0.1, 0.15) is 55.1 Å². The van der Waals surface area contributed by atoms with Crippen LogP contribution in [0.3, 0.4) is 0 Å². The van der Waals surface area contributed by atoms with Gasteiger partial charge in [-0.25, -0.2) is 0 Å². The molecule has 5 nitrogen and oxygen atoms in total. The molecule has 0 aromatic heterocycles. The lowest BCUT2D eigenvalue weighted by Gasteiger charge is -2.18. The number of carbonyl (C=O) groups excluding carboxylic acids is 1. The molecule has 1 saturated carbocycles. The number of benzene rings is 2. The SMILES string of the molecule is CCC(NC(=O)c1ccc(Cl)cc1)C1C(CC)C1CCNC(C(=O)O)c1ccccc1. The molecular formula is C25H31ClN2O3. The number of hydrogen-bond acceptors (Lipinski definition) is 3. The molecule has 0 radical (unpaired) electrons. The Morgan fingerprint density at radius 1 is 1.03 bits per heavy atom. The zero-order valence-electron chi connectivity index (χ0n) is 18.1. The average Bonchev–Trinajstić information content (AvgIpc) is 3.48. The molecule has 2 aromatic rings. The number of carbonyl (C=O) groups is 2. The van der Waals surface area contributed by atoms with E-state index >= 15 is 0 Å². The number of halogens is 1. The maximum absolute atomic E-state index is 12.7. The number of aliphatic carboxylic acids is 1. The minimum Gasteiger partial charge on any atom is -0.480 e. The zero-order chi connectivity index (χ0) is 22.4. The van der Waals surface area contributed by atoms with Crippen molar-refractivity contribution in [3.05, 3.63) is 70.7 Å². The van der Waals surface area contributed by atoms with E-state index in [1.54, 1.807) is 24.3 Å². The van der Waals surface area contributed by atoms with E-state index < -0.39 is 12.0 Å². The molecule has 1 fully saturated rings. The van der Waals surface area contributed by atoms with Gasteiger partial charge in [-0.05, 0) is 67.0 Å². The van der Waals surface area contributed by atoms with Gasteiger partial charge in [0.05, 0.1) is 0 Å². The second-order valence-corrected chi connectivity index (χ2v) is 8.67. The van der Waals surface area contributed by atoms with Gasteiger partial charge in [-0.3, -0.25) is 9.59 Å². The van der Waals surface area contributed by atoms with Gasteiger partial charge in [-0.15, -0.1) is 0 Å². The van der Waals surface area contributed by atoms with Crippen molar-refractivity contribution < 1.29 is 14.7 Å². The van der Waals surface area contributed by atoms with Crippen LogP contribution in [0.5, 0.6) is 0 Å². The van der Waals surface area contributed by atoms with Crippen molar-refractivity contribution in [2.24, 2.45) is 17.8 Å². The molecule has 166 valence electrons. The van der Waals surface area contributed by atoms with Crippen LogP contribution in [0.15, 0.2) is 54.6 Å². The van der Waals surface area contributed by atoms with Crippen molar-refractivity contribution >= 4 is 23.5 Å². The highest BCUT2D eigenvalue weighted by atomic mass is 35.5. The van der Waals surface area contributed by atoms with E-state index in [2.05, 4.69) is 24.5 Å². The predicted octanol–water partition coefficient (Wildman–Crippen LogP) is 4.93. The summed E-state index contributed by atoms with van der Waals surface area (Å²) in [4.78, 5) is 24.4. The van der Waals surface area contributed by atoms with E-state index in [0.29, 0.717) is 34.9 Å². The zero-order valence-corrected chi connectivity index (χ0v) is 18.8. The molecule has 1 amide bonds. The highest BCUT2D eigenvalue weighted by molar-refractivity contribution is 6.30. The largest absolute Gasteiger partial charge is 0.480 e. The minimum absolute atomic E-state index is 0.0721. The van der Waals surface area contributed by atoms with Crippen molar-refractivity contribution in [2.45, 2.75) is 45.2 Å². The van der Waals surface area contributed by atoms with E-state index in [0.717, 1.165) is 24.8 Å². The monoisotopic (exact) mass is 442 g/mol. The van der Waals surface area contributed by atoms with Crippen LogP contribution in [-0.4, -0.2) is 29.6 Å². The molecule has 1 aliphatic rings. The van der Waals surface area contributed by atoms with Gasteiger partial charge in [0.2, 0.25) is 0 Å². The summed E-state index contributed by atoms with van der Waals surface area (Å²) in [6.45, 7) is 4.91. The first-order chi connectivity index (χ1) is 15.0. The van der Waals surface area contributed by atoms with Crippen LogP contribution in [0, 0.1) is 17.8 Å². The lowest BCUT2D eigenvalue weighted by molar-refractivity contribution is -0.139. The average molecular weight is 443 g/mol. The summed E-state index contributed by atoms with van der Waals surface area (Å²) < 4.78 is 0. The summed E-state index contributed by atoms with van der Waals surface area (Å²) in [7, 11) is 0. The lowest BCUT2D eigenvalue weighted by atomic mass is 10.0. The van der Waals surface area contributed by atoms with Crippen LogP contribution < -0.4 is 10.6 Å². The molecule has 1 aliphatic carbocycles. The first-order valence-corrected chi connectivity index (χ1v) is 11.4. The molecule has 31 heavy (non-hydrogen) atoms. The fourth-order valence-electron chi connectivity index (χ4n) is 4.76. The molecule has 0 aliphatic heterocycles. The van der Waals surface area contributed by atoms with E-state index in [-0.39, 0.29) is 11.9 Å². The summed E-state index contributed by atoms with van der Waals surface area (Å²) in [6.07, 6.45) is 2.82. The molecule has 0 saturated heterocycles. The summed E-state index contributed by atoms with van der Waals surface area (Å²) in [5, 5.41) is 16.6. The van der Waals surface area contributed by atoms with Gasteiger partial charge in [0.15, 0.2) is 0 Å². The molecule has 3 N–H and O–H groups in total. The van der Waals surface area contributed by atoms with Gasteiger partial charge < -0.3 is 15.7 Å². The summed E-state index contributed by atoms with van der Waals surface area (Å²) in [6, 6.07) is 15.6. The lowest BCUT2D eigenvalue weighted by Crippen LogP contribution is -2.37. The van der Waals surface area contributed by atoms with Crippen molar-refractivity contribution in [3.63, 3.8) is 0 Å². The Kier molecular flexibility index (Phi) is 8.10. The van der Waals surface area contributed by atoms with E-state index in [1.807, 2.05) is 30.3 Å². The summed E-state index contributed by atoms with van der Waals surface area (Å²) in [5.74, 6) is 0.521. The first kappa shape index (κ1) is 23.3. The Labute approximate surface area is 189 Å². The van der Waals surface area contributed by atoms with Crippen LogP contribution >= 0.6 is 11.6 Å². The maximum Gasteiger partial charge on any atom is 0.325 e. The van der Waals surface area contributed by atoms with Crippen LogP contribution in [0.25, 0.3) is 0 Å². The van der Waals surface area contributed by atoms with Gasteiger partial charge in [0.1, 0.15) is 6.04 Å². The molecule has 5 atom stereocenters. The molecule has 6 heteroatoms. The summed E-state index contributed by atoms with van der Waals surface area (Å²) >= 11 is 5.92. The molecule has 0 heterocycles. The highest BCUT2D eigenvalue weighted by Crippen LogP contribution is 2.53. The first-order valence-electron chi connectivity index (χ1n) is 11.0. The van der Waals surface area contributed by atoms with Gasteiger partial charge in [0.25, 0.3) is 5.91 Å². The van der Waals surface area contributed by atoms with Gasteiger partial charge >= 0.3 is 5.97 Å². The molecular weight excluding hydrogens is 412 g/mol. The van der Waals surface area contributed by atoms with Crippen molar-refractivity contribution in [1.82, 2.24) is 10.6 Å². The second kappa shape index (κ2) is 10.8. The third kappa shape index (κ3) is 5.86. The van der Waals surface area contributed by atoms with Crippen LogP contribution in [-0.2, 0) is 4.79 Å². The number of hydrogen-bond donors (Lipinski definition) is 3. The molecule has 3 rings (SSSR count). The number of rotatable bonds is 11. The molecule has 2 aromatic carbocycles. The third-order valence-corrected chi connectivity index (χ3v) is 6.65. The molecule has 5 unspecified atom stereocenters. The topological polar surface area (TPSA) is 78.4 Å². The quantitative estimate of drug-likeness (QED) is 0.461. The molecule has 0 bridgehead atoms. The van der Waals surface area contributed by atoms with Crippen molar-refractivity contribution in [3.8, 4) is 0 Å². The Morgan fingerprint density at radius 2 is 1.71 bits per heavy atom. The maximum atomic E-state index is 12.7. The Bertz CT molecular complexity index is 872. The minimum atomic E-state index is -0.868. The smallest absolute Gasteiger partial charge is 0.325 e. The number of carboxylic acids is 1. The number of carboxylic acid groups (broad SMARTS) is 1.